The molecular weight excluding hydrogens is 336 g/mol. The van der Waals surface area contributed by atoms with Crippen LogP contribution >= 0.6 is 0 Å². The van der Waals surface area contributed by atoms with Crippen LogP contribution in [0.4, 0.5) is 5.69 Å². The van der Waals surface area contributed by atoms with Gasteiger partial charge in [0.15, 0.2) is 9.84 Å². The van der Waals surface area contributed by atoms with Crippen LogP contribution in [0.2, 0.25) is 0 Å². The van der Waals surface area contributed by atoms with Gasteiger partial charge in [-0.25, -0.2) is 8.42 Å². The van der Waals surface area contributed by atoms with Crippen molar-refractivity contribution in [1.82, 2.24) is 5.32 Å². The summed E-state index contributed by atoms with van der Waals surface area (Å²) in [7, 11) is -3.40. The summed E-state index contributed by atoms with van der Waals surface area (Å²) >= 11 is 0. The number of hydrogen-bond donors (Lipinski definition) is 2. The van der Waals surface area contributed by atoms with Gasteiger partial charge in [-0.3, -0.25) is 4.79 Å². The van der Waals surface area contributed by atoms with Gasteiger partial charge >= 0.3 is 0 Å². The number of anilines is 1. The van der Waals surface area contributed by atoms with Crippen LogP contribution in [0.1, 0.15) is 25.5 Å². The highest BCUT2D eigenvalue weighted by Gasteiger charge is 2.18. The van der Waals surface area contributed by atoms with E-state index in [1.807, 2.05) is 30.3 Å². The van der Waals surface area contributed by atoms with Gasteiger partial charge in [-0.15, -0.1) is 0 Å². The molecular formula is C19H24N2O3S. The number of para-hydroxylation sites is 1. The zero-order chi connectivity index (χ0) is 18.4. The highest BCUT2D eigenvalue weighted by molar-refractivity contribution is 7.90. The van der Waals surface area contributed by atoms with Gasteiger partial charge in [0, 0.05) is 12.3 Å². The Balaban J connectivity index is 2.06. The number of sulfone groups is 1. The molecule has 0 aromatic heterocycles. The standard InChI is InChI=1S/C19H24N2O3S/c1-14(2)19(15-9-5-4-6-10-15)20-13-18(22)21-16-11-7-8-12-17(16)25(3,23)24/h4-12,14,19-20H,13H2,1-3H3,(H,21,22)/t19-/m0/s1. The first-order valence-electron chi connectivity index (χ1n) is 8.16. The van der Waals surface area contributed by atoms with Crippen LogP contribution < -0.4 is 10.6 Å². The van der Waals surface area contributed by atoms with Gasteiger partial charge in [-0.1, -0.05) is 56.3 Å². The summed E-state index contributed by atoms with van der Waals surface area (Å²) in [4.78, 5) is 12.4. The Labute approximate surface area is 149 Å². The summed E-state index contributed by atoms with van der Waals surface area (Å²) < 4.78 is 23.6. The number of benzene rings is 2. The molecule has 0 aliphatic carbocycles. The molecule has 0 spiro atoms. The van der Waals surface area contributed by atoms with E-state index in [1.165, 1.54) is 6.07 Å². The van der Waals surface area contributed by atoms with Crippen molar-refractivity contribution < 1.29 is 13.2 Å². The SMILES string of the molecule is CC(C)[C@H](NCC(=O)Nc1ccccc1S(C)(=O)=O)c1ccccc1. The Bertz CT molecular complexity index is 818. The predicted octanol–water partition coefficient (Wildman–Crippen LogP) is 3.02. The predicted molar refractivity (Wildman–Crippen MR) is 100 cm³/mol. The van der Waals surface area contributed by atoms with E-state index in [9.17, 15) is 13.2 Å². The van der Waals surface area contributed by atoms with Crippen molar-refractivity contribution in [1.29, 1.82) is 0 Å². The topological polar surface area (TPSA) is 75.3 Å². The lowest BCUT2D eigenvalue weighted by Crippen LogP contribution is -2.33. The van der Waals surface area contributed by atoms with Crippen molar-refractivity contribution in [2.75, 3.05) is 18.1 Å². The zero-order valence-electron chi connectivity index (χ0n) is 14.7. The van der Waals surface area contributed by atoms with E-state index in [4.69, 9.17) is 0 Å². The number of nitrogens with one attached hydrogen (secondary N) is 2. The minimum Gasteiger partial charge on any atom is -0.324 e. The maximum Gasteiger partial charge on any atom is 0.238 e. The van der Waals surface area contributed by atoms with Gasteiger partial charge in [-0.05, 0) is 23.6 Å². The van der Waals surface area contributed by atoms with Crippen molar-refractivity contribution in [2.24, 2.45) is 5.92 Å². The molecule has 25 heavy (non-hydrogen) atoms. The first-order chi connectivity index (χ1) is 11.8. The first kappa shape index (κ1) is 19.1. The van der Waals surface area contributed by atoms with Crippen molar-refractivity contribution in [3.63, 3.8) is 0 Å². The lowest BCUT2D eigenvalue weighted by Gasteiger charge is -2.23. The Hall–Kier alpha value is -2.18. The van der Waals surface area contributed by atoms with Crippen LogP contribution in [-0.2, 0) is 14.6 Å². The van der Waals surface area contributed by atoms with Gasteiger partial charge in [0.05, 0.1) is 17.1 Å². The molecule has 0 unspecified atom stereocenters. The normalized spacial score (nSPS) is 12.8. The summed E-state index contributed by atoms with van der Waals surface area (Å²) in [6, 6.07) is 16.4. The van der Waals surface area contributed by atoms with Crippen LogP contribution in [0, 0.1) is 5.92 Å². The minimum atomic E-state index is -3.40. The molecule has 0 heterocycles. The van der Waals surface area contributed by atoms with Crippen LogP contribution in [0.25, 0.3) is 0 Å². The molecule has 2 aromatic carbocycles. The van der Waals surface area contributed by atoms with Gasteiger partial charge in [0.2, 0.25) is 5.91 Å². The van der Waals surface area contributed by atoms with E-state index in [-0.39, 0.29) is 23.4 Å². The molecule has 1 amide bonds. The Morgan fingerprint density at radius 2 is 1.60 bits per heavy atom. The highest BCUT2D eigenvalue weighted by Crippen LogP contribution is 2.22. The third kappa shape index (κ3) is 5.41. The Morgan fingerprint density at radius 3 is 2.20 bits per heavy atom. The summed E-state index contributed by atoms with van der Waals surface area (Å²) in [6.45, 7) is 4.26. The Kier molecular flexibility index (Phi) is 6.33. The second-order valence-electron chi connectivity index (χ2n) is 6.33. The van der Waals surface area contributed by atoms with Gasteiger partial charge < -0.3 is 10.6 Å². The van der Waals surface area contributed by atoms with Crippen LogP contribution in [-0.4, -0.2) is 27.1 Å². The van der Waals surface area contributed by atoms with Crippen LogP contribution in [0.15, 0.2) is 59.5 Å². The minimum absolute atomic E-state index is 0.0390. The molecule has 0 saturated carbocycles. The van der Waals surface area contributed by atoms with Gasteiger partial charge in [-0.2, -0.15) is 0 Å². The third-order valence-electron chi connectivity index (χ3n) is 3.87. The molecule has 5 nitrogen and oxygen atoms in total. The lowest BCUT2D eigenvalue weighted by molar-refractivity contribution is -0.115. The molecule has 6 heteroatoms. The van der Waals surface area contributed by atoms with Crippen molar-refractivity contribution in [3.8, 4) is 0 Å². The van der Waals surface area contributed by atoms with E-state index in [0.29, 0.717) is 11.6 Å². The summed E-state index contributed by atoms with van der Waals surface area (Å²) in [6.07, 6.45) is 1.13. The molecule has 0 saturated heterocycles. The maximum absolute atomic E-state index is 12.3. The zero-order valence-corrected chi connectivity index (χ0v) is 15.5. The van der Waals surface area contributed by atoms with Crippen molar-refractivity contribution >= 4 is 21.4 Å². The maximum atomic E-state index is 12.3. The number of rotatable bonds is 7. The molecule has 0 aliphatic heterocycles. The number of hydrogen-bond acceptors (Lipinski definition) is 4. The van der Waals surface area contributed by atoms with Gasteiger partial charge in [0.1, 0.15) is 0 Å². The van der Waals surface area contributed by atoms with E-state index < -0.39 is 9.84 Å². The summed E-state index contributed by atoms with van der Waals surface area (Å²) in [5.74, 6) is 0.0242. The molecule has 1 atom stereocenters. The summed E-state index contributed by atoms with van der Waals surface area (Å²) in [5.41, 5.74) is 1.42. The van der Waals surface area contributed by atoms with E-state index in [2.05, 4.69) is 24.5 Å². The second kappa shape index (κ2) is 8.27. The van der Waals surface area contributed by atoms with E-state index in [0.717, 1.165) is 11.8 Å². The van der Waals surface area contributed by atoms with Crippen molar-refractivity contribution in [3.05, 3.63) is 60.2 Å². The number of carbonyl (C=O) groups excluding carboxylic acids is 1. The summed E-state index contributed by atoms with van der Waals surface area (Å²) in [5, 5.41) is 5.93. The fraction of sp³-hybridized carbons (Fsp3) is 0.316. The molecule has 2 N–H and O–H groups in total. The monoisotopic (exact) mass is 360 g/mol. The molecule has 0 fully saturated rings. The van der Waals surface area contributed by atoms with Crippen LogP contribution in [0.5, 0.6) is 0 Å². The first-order valence-corrected chi connectivity index (χ1v) is 10.1. The molecule has 2 aromatic rings. The van der Waals surface area contributed by atoms with Crippen LogP contribution in [0.3, 0.4) is 0 Å². The quantitative estimate of drug-likeness (QED) is 0.796. The van der Waals surface area contributed by atoms with Crippen molar-refractivity contribution in [2.45, 2.75) is 24.8 Å². The molecule has 2 rings (SSSR count). The fourth-order valence-electron chi connectivity index (χ4n) is 2.69. The van der Waals surface area contributed by atoms with E-state index >= 15 is 0 Å². The fourth-order valence-corrected chi connectivity index (χ4v) is 3.53. The molecule has 0 aliphatic rings. The average molecular weight is 360 g/mol. The Morgan fingerprint density at radius 1 is 1.00 bits per heavy atom. The molecule has 0 bridgehead atoms. The number of amides is 1. The number of carbonyl (C=O) groups is 1. The molecule has 0 radical (unpaired) electrons. The second-order valence-corrected chi connectivity index (χ2v) is 8.31. The smallest absolute Gasteiger partial charge is 0.238 e. The van der Waals surface area contributed by atoms with Gasteiger partial charge in [0.25, 0.3) is 0 Å². The largest absolute Gasteiger partial charge is 0.324 e. The molecule has 134 valence electrons. The van der Waals surface area contributed by atoms with E-state index in [1.54, 1.807) is 18.2 Å². The average Bonchev–Trinajstić information content (AvgIpc) is 2.55. The highest BCUT2D eigenvalue weighted by atomic mass is 32.2. The third-order valence-corrected chi connectivity index (χ3v) is 5.02. The lowest BCUT2D eigenvalue weighted by atomic mass is 9.96.